The summed E-state index contributed by atoms with van der Waals surface area (Å²) in [5, 5.41) is 9.95. The fraction of sp³-hybridized carbons (Fsp3) is 0.476. The largest absolute Gasteiger partial charge is 0.307 e. The van der Waals surface area contributed by atoms with Crippen molar-refractivity contribution < 1.29 is 4.79 Å². The van der Waals surface area contributed by atoms with Crippen molar-refractivity contribution >= 4 is 22.4 Å². The minimum Gasteiger partial charge on any atom is -0.307 e. The van der Waals surface area contributed by atoms with Crippen molar-refractivity contribution in [2.24, 2.45) is 0 Å². The van der Waals surface area contributed by atoms with Crippen molar-refractivity contribution in [3.8, 4) is 16.6 Å². The number of amides is 1. The van der Waals surface area contributed by atoms with Crippen molar-refractivity contribution in [3.05, 3.63) is 36.0 Å². The number of thiazole rings is 1. The minimum absolute atomic E-state index is 0.0589. The highest BCUT2D eigenvalue weighted by atomic mass is 32.1. The van der Waals surface area contributed by atoms with Gasteiger partial charge in [0.05, 0.1) is 11.4 Å². The number of anilines is 1. The first kappa shape index (κ1) is 18.6. The molecular weight excluding hydrogens is 384 g/mol. The summed E-state index contributed by atoms with van der Waals surface area (Å²) >= 11 is 1.57. The van der Waals surface area contributed by atoms with Gasteiger partial charge in [0.2, 0.25) is 5.91 Å². The molecule has 3 saturated heterocycles. The van der Waals surface area contributed by atoms with Gasteiger partial charge in [-0.3, -0.25) is 19.5 Å². The summed E-state index contributed by atoms with van der Waals surface area (Å²) in [5.74, 6) is 0.0589. The molecule has 1 unspecified atom stereocenters. The van der Waals surface area contributed by atoms with E-state index in [1.165, 1.54) is 25.1 Å². The fourth-order valence-corrected chi connectivity index (χ4v) is 5.21. The summed E-state index contributed by atoms with van der Waals surface area (Å²) in [4.78, 5) is 26.9. The monoisotopic (exact) mass is 408 g/mol. The SMILES string of the molecule is N#CN1CCN2CCN(c3ncc(-c4cccc(CN5CCC5)c4)s3)C(=O)C2C1. The molecule has 5 rings (SSSR count). The number of fused-ring (bicyclic) bond motifs is 1. The highest BCUT2D eigenvalue weighted by Crippen LogP contribution is 2.33. The number of benzene rings is 1. The second kappa shape index (κ2) is 7.75. The molecule has 0 bridgehead atoms. The third-order valence-corrected chi connectivity index (χ3v) is 7.15. The molecule has 0 N–H and O–H groups in total. The van der Waals surface area contributed by atoms with Gasteiger partial charge in [0, 0.05) is 38.9 Å². The number of carbonyl (C=O) groups excluding carboxylic acids is 1. The van der Waals surface area contributed by atoms with E-state index in [2.05, 4.69) is 45.2 Å². The lowest BCUT2D eigenvalue weighted by atomic mass is 10.1. The van der Waals surface area contributed by atoms with Gasteiger partial charge >= 0.3 is 0 Å². The second-order valence-electron chi connectivity index (χ2n) is 7.92. The first-order valence-corrected chi connectivity index (χ1v) is 11.0. The summed E-state index contributed by atoms with van der Waals surface area (Å²) < 4.78 is 0. The number of aromatic nitrogens is 1. The lowest BCUT2D eigenvalue weighted by Gasteiger charge is -2.44. The average Bonchev–Trinajstić information content (AvgIpc) is 3.21. The van der Waals surface area contributed by atoms with Gasteiger partial charge in [-0.05, 0) is 36.7 Å². The first-order chi connectivity index (χ1) is 14.2. The Bertz CT molecular complexity index is 949. The Morgan fingerprint density at radius 3 is 2.83 bits per heavy atom. The molecule has 0 saturated carbocycles. The summed E-state index contributed by atoms with van der Waals surface area (Å²) in [6.45, 7) is 6.81. The molecule has 1 atom stereocenters. The van der Waals surface area contributed by atoms with Gasteiger partial charge in [-0.1, -0.05) is 29.5 Å². The van der Waals surface area contributed by atoms with Crippen LogP contribution in [-0.2, 0) is 11.3 Å². The highest BCUT2D eigenvalue weighted by molar-refractivity contribution is 7.19. The standard InChI is InChI=1S/C21H24N6OS/c22-15-25-7-8-26-9-10-27(20(28)18(26)14-25)21-23-12-19(29-21)17-4-1-3-16(11-17)13-24-5-2-6-24/h1,3-4,11-12,18H,2,5-10,13-14H2. The third-order valence-electron chi connectivity index (χ3n) is 6.09. The Balaban J connectivity index is 1.33. The molecule has 3 fully saturated rings. The van der Waals surface area contributed by atoms with Gasteiger partial charge in [0.1, 0.15) is 6.04 Å². The molecule has 150 valence electrons. The van der Waals surface area contributed by atoms with Gasteiger partial charge in [-0.2, -0.15) is 5.26 Å². The molecule has 1 aromatic heterocycles. The topological polar surface area (TPSA) is 66.7 Å². The zero-order valence-electron chi connectivity index (χ0n) is 16.3. The van der Waals surface area contributed by atoms with Gasteiger partial charge in [0.25, 0.3) is 0 Å². The second-order valence-corrected chi connectivity index (χ2v) is 8.93. The van der Waals surface area contributed by atoms with E-state index in [0.717, 1.165) is 35.2 Å². The Morgan fingerprint density at radius 1 is 1.17 bits per heavy atom. The maximum atomic E-state index is 13.1. The van der Waals surface area contributed by atoms with Crippen LogP contribution < -0.4 is 4.90 Å². The first-order valence-electron chi connectivity index (χ1n) is 10.2. The molecule has 7 nitrogen and oxygen atoms in total. The zero-order valence-corrected chi connectivity index (χ0v) is 17.1. The Labute approximate surface area is 174 Å². The summed E-state index contributed by atoms with van der Waals surface area (Å²) in [6.07, 6.45) is 5.36. The average molecular weight is 409 g/mol. The maximum absolute atomic E-state index is 13.1. The number of nitriles is 1. The van der Waals surface area contributed by atoms with E-state index in [1.54, 1.807) is 21.1 Å². The quantitative estimate of drug-likeness (QED) is 0.719. The predicted octanol–water partition coefficient (Wildman–Crippen LogP) is 1.83. The third kappa shape index (κ3) is 3.62. The predicted molar refractivity (Wildman–Crippen MR) is 112 cm³/mol. The molecular formula is C21H24N6OS. The van der Waals surface area contributed by atoms with Crippen LogP contribution in [0.2, 0.25) is 0 Å². The lowest BCUT2D eigenvalue weighted by Crippen LogP contribution is -2.64. The maximum Gasteiger partial charge on any atom is 0.248 e. The summed E-state index contributed by atoms with van der Waals surface area (Å²) in [6, 6.07) is 8.39. The van der Waals surface area contributed by atoms with Crippen LogP contribution in [0.5, 0.6) is 0 Å². The van der Waals surface area contributed by atoms with E-state index >= 15 is 0 Å². The van der Waals surface area contributed by atoms with Crippen LogP contribution in [0, 0.1) is 11.5 Å². The number of carbonyl (C=O) groups is 1. The van der Waals surface area contributed by atoms with Gasteiger partial charge < -0.3 is 4.90 Å². The molecule has 3 aliphatic rings. The van der Waals surface area contributed by atoms with E-state index in [4.69, 9.17) is 0 Å². The number of hydrogen-bond donors (Lipinski definition) is 0. The normalized spacial score (nSPS) is 22.9. The Hall–Kier alpha value is -2.47. The van der Waals surface area contributed by atoms with E-state index in [1.807, 2.05) is 6.20 Å². The molecule has 0 spiro atoms. The molecule has 0 radical (unpaired) electrons. The van der Waals surface area contributed by atoms with Crippen molar-refractivity contribution in [3.63, 3.8) is 0 Å². The molecule has 1 aromatic carbocycles. The minimum atomic E-state index is -0.246. The van der Waals surface area contributed by atoms with Crippen molar-refractivity contribution in [2.75, 3.05) is 50.7 Å². The molecule has 4 heterocycles. The van der Waals surface area contributed by atoms with E-state index in [-0.39, 0.29) is 11.9 Å². The summed E-state index contributed by atoms with van der Waals surface area (Å²) in [5.41, 5.74) is 2.48. The van der Waals surface area contributed by atoms with Crippen LogP contribution in [-0.4, -0.2) is 77.4 Å². The van der Waals surface area contributed by atoms with Crippen molar-refractivity contribution in [1.29, 1.82) is 5.26 Å². The Kier molecular flexibility index (Phi) is 4.96. The van der Waals surface area contributed by atoms with Gasteiger partial charge in [-0.25, -0.2) is 4.98 Å². The van der Waals surface area contributed by atoms with Crippen LogP contribution in [0.4, 0.5) is 5.13 Å². The molecule has 29 heavy (non-hydrogen) atoms. The van der Waals surface area contributed by atoms with Crippen molar-refractivity contribution in [2.45, 2.75) is 19.0 Å². The molecule has 1 amide bonds. The van der Waals surface area contributed by atoms with E-state index < -0.39 is 0 Å². The van der Waals surface area contributed by atoms with Gasteiger partial charge in [-0.15, -0.1) is 0 Å². The van der Waals surface area contributed by atoms with E-state index in [9.17, 15) is 10.1 Å². The number of nitrogens with zero attached hydrogens (tertiary/aromatic N) is 6. The smallest absolute Gasteiger partial charge is 0.248 e. The van der Waals surface area contributed by atoms with Crippen LogP contribution >= 0.6 is 11.3 Å². The fourth-order valence-electron chi connectivity index (χ4n) is 4.27. The number of likely N-dealkylation sites (tertiary alicyclic amines) is 1. The molecule has 0 aliphatic carbocycles. The van der Waals surface area contributed by atoms with Crippen LogP contribution in [0.15, 0.2) is 30.5 Å². The van der Waals surface area contributed by atoms with Crippen LogP contribution in [0.1, 0.15) is 12.0 Å². The zero-order chi connectivity index (χ0) is 19.8. The Morgan fingerprint density at radius 2 is 2.03 bits per heavy atom. The van der Waals surface area contributed by atoms with Crippen LogP contribution in [0.25, 0.3) is 10.4 Å². The summed E-state index contributed by atoms with van der Waals surface area (Å²) in [7, 11) is 0. The van der Waals surface area contributed by atoms with Crippen molar-refractivity contribution in [1.82, 2.24) is 19.7 Å². The highest BCUT2D eigenvalue weighted by Gasteiger charge is 2.39. The lowest BCUT2D eigenvalue weighted by molar-refractivity contribution is -0.127. The molecule has 8 heteroatoms. The molecule has 3 aliphatic heterocycles. The van der Waals surface area contributed by atoms with E-state index in [0.29, 0.717) is 19.6 Å². The number of piperazine rings is 2. The molecule has 2 aromatic rings. The van der Waals surface area contributed by atoms with Crippen LogP contribution in [0.3, 0.4) is 0 Å². The van der Waals surface area contributed by atoms with Gasteiger partial charge in [0.15, 0.2) is 11.3 Å². The number of rotatable bonds is 4. The number of hydrogen-bond acceptors (Lipinski definition) is 7.